The van der Waals surface area contributed by atoms with Crippen molar-refractivity contribution in [3.8, 4) is 5.75 Å². The minimum atomic E-state index is -0.191. The number of nitrogens with zero attached hydrogens (tertiary/aromatic N) is 3. The van der Waals surface area contributed by atoms with E-state index in [2.05, 4.69) is 28.9 Å². The Bertz CT molecular complexity index is 961. The van der Waals surface area contributed by atoms with Crippen LogP contribution >= 0.6 is 0 Å². The molecule has 0 radical (unpaired) electrons. The lowest BCUT2D eigenvalue weighted by molar-refractivity contribution is -0.137. The van der Waals surface area contributed by atoms with Crippen LogP contribution in [0, 0.1) is 0 Å². The third-order valence-electron chi connectivity index (χ3n) is 5.97. The number of anilines is 1. The third-order valence-corrected chi connectivity index (χ3v) is 5.97. The van der Waals surface area contributed by atoms with Gasteiger partial charge in [-0.3, -0.25) is 14.5 Å². The second-order valence-corrected chi connectivity index (χ2v) is 7.88. The van der Waals surface area contributed by atoms with Gasteiger partial charge in [-0.2, -0.15) is 0 Å². The molecule has 2 heterocycles. The molecule has 2 aromatic rings. The molecule has 0 unspecified atom stereocenters. The summed E-state index contributed by atoms with van der Waals surface area (Å²) >= 11 is 0. The maximum absolute atomic E-state index is 13.3. The zero-order valence-electron chi connectivity index (χ0n) is 18.2. The highest BCUT2D eigenvalue weighted by atomic mass is 16.5. The summed E-state index contributed by atoms with van der Waals surface area (Å²) in [7, 11) is 1.61. The standard InChI is InChI=1S/C25H29N3O3/c1-3-4-14-28-24(29)22(19-10-12-21(31-2)13-11-19)23(25(28)30)27-17-15-26(16-18-27)20-8-6-5-7-9-20/h5-13H,3-4,14-18H2,1-2H3. The van der Waals surface area contributed by atoms with Gasteiger partial charge in [0.1, 0.15) is 11.4 Å². The van der Waals surface area contributed by atoms with Crippen LogP contribution in [0.3, 0.4) is 0 Å². The summed E-state index contributed by atoms with van der Waals surface area (Å²) in [6.45, 7) is 5.53. The van der Waals surface area contributed by atoms with E-state index >= 15 is 0 Å². The van der Waals surface area contributed by atoms with Gasteiger partial charge in [0.05, 0.1) is 12.7 Å². The number of benzene rings is 2. The Morgan fingerprint density at radius 3 is 2.10 bits per heavy atom. The molecule has 6 heteroatoms. The van der Waals surface area contributed by atoms with Gasteiger partial charge in [-0.1, -0.05) is 43.7 Å². The van der Waals surface area contributed by atoms with Crippen molar-refractivity contribution in [3.63, 3.8) is 0 Å². The fourth-order valence-corrected chi connectivity index (χ4v) is 4.22. The summed E-state index contributed by atoms with van der Waals surface area (Å²) in [5.74, 6) is 0.364. The molecule has 2 amide bonds. The summed E-state index contributed by atoms with van der Waals surface area (Å²) in [4.78, 5) is 32.5. The number of rotatable bonds is 7. The molecule has 31 heavy (non-hydrogen) atoms. The van der Waals surface area contributed by atoms with E-state index in [-0.39, 0.29) is 11.8 Å². The summed E-state index contributed by atoms with van der Waals surface area (Å²) < 4.78 is 5.26. The minimum absolute atomic E-state index is 0.169. The van der Waals surface area contributed by atoms with E-state index in [1.165, 1.54) is 10.6 Å². The predicted octanol–water partition coefficient (Wildman–Crippen LogP) is 3.40. The fraction of sp³-hybridized carbons (Fsp3) is 0.360. The van der Waals surface area contributed by atoms with Gasteiger partial charge in [0.25, 0.3) is 11.8 Å². The molecule has 2 aromatic carbocycles. The summed E-state index contributed by atoms with van der Waals surface area (Å²) in [6.07, 6.45) is 1.74. The number of imide groups is 1. The molecule has 0 atom stereocenters. The Morgan fingerprint density at radius 1 is 0.839 bits per heavy atom. The van der Waals surface area contributed by atoms with Gasteiger partial charge in [-0.15, -0.1) is 0 Å². The van der Waals surface area contributed by atoms with Crippen LogP contribution in [0.5, 0.6) is 5.75 Å². The molecule has 0 bridgehead atoms. The van der Waals surface area contributed by atoms with Gasteiger partial charge in [0.15, 0.2) is 0 Å². The molecular weight excluding hydrogens is 390 g/mol. The van der Waals surface area contributed by atoms with Gasteiger partial charge in [-0.05, 0) is 36.2 Å². The number of hydrogen-bond acceptors (Lipinski definition) is 5. The van der Waals surface area contributed by atoms with Gasteiger partial charge in [0.2, 0.25) is 0 Å². The Hall–Kier alpha value is -3.28. The third kappa shape index (κ3) is 4.15. The fourth-order valence-electron chi connectivity index (χ4n) is 4.22. The second kappa shape index (κ2) is 9.25. The smallest absolute Gasteiger partial charge is 0.277 e. The molecule has 4 rings (SSSR count). The second-order valence-electron chi connectivity index (χ2n) is 7.88. The molecule has 0 N–H and O–H groups in total. The number of amides is 2. The minimum Gasteiger partial charge on any atom is -0.497 e. The summed E-state index contributed by atoms with van der Waals surface area (Å²) in [5.41, 5.74) is 3.00. The van der Waals surface area contributed by atoms with Crippen LogP contribution in [0.1, 0.15) is 25.3 Å². The number of para-hydroxylation sites is 1. The molecule has 1 saturated heterocycles. The van der Waals surface area contributed by atoms with Crippen molar-refractivity contribution in [2.45, 2.75) is 19.8 Å². The van der Waals surface area contributed by atoms with Crippen molar-refractivity contribution >= 4 is 23.1 Å². The number of carbonyl (C=O) groups excluding carboxylic acids is 2. The number of unbranched alkanes of at least 4 members (excludes halogenated alkanes) is 1. The predicted molar refractivity (Wildman–Crippen MR) is 122 cm³/mol. The number of methoxy groups -OCH3 is 1. The highest BCUT2D eigenvalue weighted by Gasteiger charge is 2.41. The van der Waals surface area contributed by atoms with Gasteiger partial charge >= 0.3 is 0 Å². The summed E-state index contributed by atoms with van der Waals surface area (Å²) in [6, 6.07) is 17.7. The maximum atomic E-state index is 13.3. The monoisotopic (exact) mass is 419 g/mol. The van der Waals surface area contributed by atoms with Gasteiger partial charge in [-0.25, -0.2) is 0 Å². The highest BCUT2D eigenvalue weighted by molar-refractivity contribution is 6.35. The van der Waals surface area contributed by atoms with Crippen LogP contribution in [0.15, 0.2) is 60.3 Å². The van der Waals surface area contributed by atoms with Gasteiger partial charge < -0.3 is 14.5 Å². The quantitative estimate of drug-likeness (QED) is 0.644. The van der Waals surface area contributed by atoms with Crippen molar-refractivity contribution in [1.29, 1.82) is 0 Å². The lowest BCUT2D eigenvalue weighted by atomic mass is 10.0. The lowest BCUT2D eigenvalue weighted by Gasteiger charge is -2.37. The van der Waals surface area contributed by atoms with E-state index in [0.717, 1.165) is 37.2 Å². The van der Waals surface area contributed by atoms with E-state index in [1.807, 2.05) is 42.5 Å². The first-order chi connectivity index (χ1) is 15.1. The molecule has 0 saturated carbocycles. The molecular formula is C25H29N3O3. The van der Waals surface area contributed by atoms with Crippen molar-refractivity contribution < 1.29 is 14.3 Å². The zero-order chi connectivity index (χ0) is 21.8. The first-order valence-electron chi connectivity index (χ1n) is 10.9. The Balaban J connectivity index is 1.62. The summed E-state index contributed by atoms with van der Waals surface area (Å²) in [5, 5.41) is 0. The largest absolute Gasteiger partial charge is 0.497 e. The Kier molecular flexibility index (Phi) is 6.26. The van der Waals surface area contributed by atoms with Crippen LogP contribution < -0.4 is 9.64 Å². The number of piperazine rings is 1. The van der Waals surface area contributed by atoms with Crippen LogP contribution in [0.2, 0.25) is 0 Å². The van der Waals surface area contributed by atoms with Crippen LogP contribution in [0.4, 0.5) is 5.69 Å². The van der Waals surface area contributed by atoms with E-state index in [4.69, 9.17) is 4.74 Å². The molecule has 0 spiro atoms. The van der Waals surface area contributed by atoms with E-state index in [9.17, 15) is 9.59 Å². The zero-order valence-corrected chi connectivity index (χ0v) is 18.2. The van der Waals surface area contributed by atoms with E-state index < -0.39 is 0 Å². The molecule has 0 aromatic heterocycles. The SMILES string of the molecule is CCCCN1C(=O)C(c2ccc(OC)cc2)=C(N2CCN(c3ccccc3)CC2)C1=O. The molecule has 2 aliphatic rings. The van der Waals surface area contributed by atoms with Crippen LogP contribution in [-0.2, 0) is 9.59 Å². The molecule has 1 fully saturated rings. The number of ether oxygens (including phenoxy) is 1. The van der Waals surface area contributed by atoms with Crippen molar-refractivity contribution in [3.05, 3.63) is 65.9 Å². The first-order valence-corrected chi connectivity index (χ1v) is 10.9. The van der Waals surface area contributed by atoms with E-state index in [1.54, 1.807) is 7.11 Å². The average molecular weight is 420 g/mol. The normalized spacial score (nSPS) is 17.0. The van der Waals surface area contributed by atoms with Gasteiger partial charge in [0, 0.05) is 38.4 Å². The topological polar surface area (TPSA) is 53.1 Å². The van der Waals surface area contributed by atoms with Crippen molar-refractivity contribution in [1.82, 2.24) is 9.80 Å². The van der Waals surface area contributed by atoms with Crippen LogP contribution in [-0.4, -0.2) is 61.4 Å². The molecule has 6 nitrogen and oxygen atoms in total. The maximum Gasteiger partial charge on any atom is 0.277 e. The van der Waals surface area contributed by atoms with Crippen molar-refractivity contribution in [2.24, 2.45) is 0 Å². The Morgan fingerprint density at radius 2 is 1.48 bits per heavy atom. The molecule has 0 aliphatic carbocycles. The van der Waals surface area contributed by atoms with E-state index in [0.29, 0.717) is 30.9 Å². The highest BCUT2D eigenvalue weighted by Crippen LogP contribution is 2.33. The first kappa shape index (κ1) is 21.0. The molecule has 162 valence electrons. The number of carbonyl (C=O) groups is 2. The van der Waals surface area contributed by atoms with Crippen LogP contribution in [0.25, 0.3) is 5.57 Å². The lowest BCUT2D eigenvalue weighted by Crippen LogP contribution is -2.47. The Labute approximate surface area is 183 Å². The average Bonchev–Trinajstić information content (AvgIpc) is 3.07. The van der Waals surface area contributed by atoms with Crippen molar-refractivity contribution in [2.75, 3.05) is 44.7 Å². The molecule has 2 aliphatic heterocycles. The number of hydrogen-bond donors (Lipinski definition) is 0.